The minimum absolute atomic E-state index is 0.0228. The zero-order chi connectivity index (χ0) is 22.0. The molecule has 6 nitrogen and oxygen atoms in total. The Labute approximate surface area is 170 Å². The van der Waals surface area contributed by atoms with E-state index in [1.165, 1.54) is 12.1 Å². The minimum atomic E-state index is -4.32. The predicted molar refractivity (Wildman–Crippen MR) is 106 cm³/mol. The van der Waals surface area contributed by atoms with Crippen molar-refractivity contribution in [2.45, 2.75) is 30.9 Å². The van der Waals surface area contributed by atoms with Gasteiger partial charge in [-0.05, 0) is 40.6 Å². The highest BCUT2D eigenvalue weighted by molar-refractivity contribution is 8.00. The van der Waals surface area contributed by atoms with Crippen molar-refractivity contribution in [3.05, 3.63) is 65.7 Å². The third-order valence-corrected chi connectivity index (χ3v) is 4.10. The lowest BCUT2D eigenvalue weighted by Gasteiger charge is -2.11. The van der Waals surface area contributed by atoms with Crippen LogP contribution in [0.3, 0.4) is 0 Å². The van der Waals surface area contributed by atoms with Crippen molar-refractivity contribution >= 4 is 17.7 Å². The number of carboxylic acids is 1. The second-order valence-electron chi connectivity index (χ2n) is 5.25. The van der Waals surface area contributed by atoms with E-state index < -0.39 is 17.2 Å². The molecule has 0 aromatic heterocycles. The Kier molecular flexibility index (Phi) is 9.36. The summed E-state index contributed by atoms with van der Waals surface area (Å²) in [5, 5.41) is 8.80. The summed E-state index contributed by atoms with van der Waals surface area (Å²) in [5.74, 6) is 3.55. The fourth-order valence-electron chi connectivity index (χ4n) is 2.09. The molecule has 0 spiro atoms. The molecular formula is C19H22F3N3O3S. The van der Waals surface area contributed by atoms with E-state index in [1.54, 1.807) is 36.4 Å². The first kappa shape index (κ1) is 24.2. The lowest BCUT2D eigenvalue weighted by atomic mass is 10.0. The number of thioether (sulfide) groups is 1. The van der Waals surface area contributed by atoms with E-state index in [2.05, 4.69) is 5.43 Å². The van der Waals surface area contributed by atoms with Crippen LogP contribution in [0.25, 0.3) is 11.1 Å². The average molecular weight is 429 g/mol. The first-order valence-corrected chi connectivity index (χ1v) is 9.29. The number of aliphatic carboxylic acids is 1. The number of rotatable bonds is 7. The quantitative estimate of drug-likeness (QED) is 0.172. The van der Waals surface area contributed by atoms with Crippen molar-refractivity contribution in [1.29, 1.82) is 0 Å². The van der Waals surface area contributed by atoms with Crippen LogP contribution >= 0.6 is 11.8 Å². The van der Waals surface area contributed by atoms with Crippen molar-refractivity contribution in [3.63, 3.8) is 0 Å². The number of halogens is 3. The second-order valence-corrected chi connectivity index (χ2v) is 6.39. The monoisotopic (exact) mass is 429 g/mol. The first-order chi connectivity index (χ1) is 13.7. The molecule has 0 unspecified atom stereocenters. The van der Waals surface area contributed by atoms with Gasteiger partial charge in [-0.15, -0.1) is 0 Å². The highest BCUT2D eigenvalue weighted by Gasteiger charge is 2.29. The number of hydrogen-bond acceptors (Lipinski definition) is 6. The third-order valence-electron chi connectivity index (χ3n) is 3.36. The number of carboxylic acid groups (broad SMARTS) is 1. The SMILES string of the molecule is CC.NN/C(OCc1ccc(-c2ccc(SC(F)(F)F)cc2)cc1)=C(\N)C(=O)O. The van der Waals surface area contributed by atoms with Gasteiger partial charge in [0.15, 0.2) is 5.70 Å². The van der Waals surface area contributed by atoms with Crippen LogP contribution in [0, 0.1) is 0 Å². The van der Waals surface area contributed by atoms with E-state index in [0.29, 0.717) is 5.56 Å². The molecule has 0 aliphatic heterocycles. The van der Waals surface area contributed by atoms with Gasteiger partial charge in [0.2, 0.25) is 5.88 Å². The van der Waals surface area contributed by atoms with Gasteiger partial charge in [0.25, 0.3) is 0 Å². The van der Waals surface area contributed by atoms with E-state index in [1.807, 2.05) is 13.8 Å². The molecule has 29 heavy (non-hydrogen) atoms. The summed E-state index contributed by atoms with van der Waals surface area (Å²) in [6.07, 6.45) is 0. The summed E-state index contributed by atoms with van der Waals surface area (Å²) in [7, 11) is 0. The molecule has 0 radical (unpaired) electrons. The number of ether oxygens (including phenoxy) is 1. The third kappa shape index (κ3) is 7.96. The molecule has 0 aliphatic carbocycles. The highest BCUT2D eigenvalue weighted by Crippen LogP contribution is 2.37. The second kappa shape index (κ2) is 11.2. The standard InChI is InChI=1S/C17H16F3N3O3S.C2H6/c18-17(19,20)27-13-7-5-12(6-8-13)11-3-1-10(2-4-11)9-26-15(23-22)14(21)16(24)25;1-2/h1-8,23H,9,21-22H2,(H,24,25);1-2H3/b15-14+;. The van der Waals surface area contributed by atoms with Crippen LogP contribution in [0.5, 0.6) is 0 Å². The lowest BCUT2D eigenvalue weighted by Crippen LogP contribution is -2.29. The molecular weight excluding hydrogens is 407 g/mol. The Morgan fingerprint density at radius 3 is 1.97 bits per heavy atom. The van der Waals surface area contributed by atoms with Gasteiger partial charge in [0, 0.05) is 4.90 Å². The van der Waals surface area contributed by atoms with E-state index in [9.17, 15) is 18.0 Å². The predicted octanol–water partition coefficient (Wildman–Crippen LogP) is 4.18. The number of benzene rings is 2. The zero-order valence-corrected chi connectivity index (χ0v) is 16.6. The Balaban J connectivity index is 0.00000204. The number of hydrazine groups is 1. The largest absolute Gasteiger partial charge is 0.476 e. The lowest BCUT2D eigenvalue weighted by molar-refractivity contribution is -0.133. The maximum Gasteiger partial charge on any atom is 0.446 e. The van der Waals surface area contributed by atoms with Gasteiger partial charge in [0.05, 0.1) is 0 Å². The number of carbonyl (C=O) groups is 1. The van der Waals surface area contributed by atoms with Crippen molar-refractivity contribution < 1.29 is 27.8 Å². The fourth-order valence-corrected chi connectivity index (χ4v) is 2.63. The number of nitrogens with two attached hydrogens (primary N) is 2. The molecule has 158 valence electrons. The Hall–Kier alpha value is -2.85. The van der Waals surface area contributed by atoms with Gasteiger partial charge in [-0.1, -0.05) is 50.2 Å². The molecule has 0 saturated heterocycles. The van der Waals surface area contributed by atoms with Gasteiger partial charge in [-0.3, -0.25) is 5.43 Å². The van der Waals surface area contributed by atoms with Crippen LogP contribution in [-0.2, 0) is 16.1 Å². The van der Waals surface area contributed by atoms with Crippen LogP contribution in [0.2, 0.25) is 0 Å². The molecule has 0 heterocycles. The maximum atomic E-state index is 12.4. The Morgan fingerprint density at radius 2 is 1.55 bits per heavy atom. The Bertz CT molecular complexity index is 823. The summed E-state index contributed by atoms with van der Waals surface area (Å²) in [6, 6.07) is 13.0. The van der Waals surface area contributed by atoms with E-state index in [4.69, 9.17) is 21.4 Å². The van der Waals surface area contributed by atoms with E-state index in [0.717, 1.165) is 11.1 Å². The van der Waals surface area contributed by atoms with Crippen LogP contribution < -0.4 is 17.0 Å². The average Bonchev–Trinajstić information content (AvgIpc) is 2.69. The van der Waals surface area contributed by atoms with Crippen LogP contribution in [-0.4, -0.2) is 16.6 Å². The number of nitrogens with one attached hydrogen (secondary N) is 1. The fraction of sp³-hybridized carbons (Fsp3) is 0.211. The molecule has 2 rings (SSSR count). The molecule has 2 aromatic rings. The van der Waals surface area contributed by atoms with Crippen LogP contribution in [0.4, 0.5) is 13.2 Å². The molecule has 0 atom stereocenters. The van der Waals surface area contributed by atoms with Gasteiger partial charge in [-0.25, -0.2) is 10.6 Å². The van der Waals surface area contributed by atoms with Crippen molar-refractivity contribution in [2.75, 3.05) is 0 Å². The molecule has 6 N–H and O–H groups in total. The smallest absolute Gasteiger partial charge is 0.446 e. The topological polar surface area (TPSA) is 111 Å². The maximum absolute atomic E-state index is 12.4. The summed E-state index contributed by atoms with van der Waals surface area (Å²) in [4.78, 5) is 10.9. The normalized spacial score (nSPS) is 11.7. The van der Waals surface area contributed by atoms with Crippen LogP contribution in [0.15, 0.2) is 65.0 Å². The van der Waals surface area contributed by atoms with Gasteiger partial charge in [0.1, 0.15) is 6.61 Å². The number of hydrogen-bond donors (Lipinski definition) is 4. The zero-order valence-electron chi connectivity index (χ0n) is 15.8. The molecule has 2 aromatic carbocycles. The molecule has 0 saturated carbocycles. The summed E-state index contributed by atoms with van der Waals surface area (Å²) in [5.41, 5.74) is 4.82. The summed E-state index contributed by atoms with van der Waals surface area (Å²) in [6.45, 7) is 4.02. The van der Waals surface area contributed by atoms with Crippen molar-refractivity contribution in [2.24, 2.45) is 11.6 Å². The molecule has 10 heteroatoms. The summed E-state index contributed by atoms with van der Waals surface area (Å²) < 4.78 is 42.3. The Morgan fingerprint density at radius 1 is 1.07 bits per heavy atom. The molecule has 0 amide bonds. The minimum Gasteiger partial charge on any atom is -0.476 e. The van der Waals surface area contributed by atoms with Crippen molar-refractivity contribution in [3.8, 4) is 11.1 Å². The van der Waals surface area contributed by atoms with Gasteiger partial charge >= 0.3 is 11.5 Å². The first-order valence-electron chi connectivity index (χ1n) is 8.47. The summed E-state index contributed by atoms with van der Waals surface area (Å²) >= 11 is -0.166. The van der Waals surface area contributed by atoms with Gasteiger partial charge < -0.3 is 15.6 Å². The van der Waals surface area contributed by atoms with E-state index in [-0.39, 0.29) is 29.1 Å². The molecule has 0 fully saturated rings. The van der Waals surface area contributed by atoms with E-state index >= 15 is 0 Å². The molecule has 0 aliphatic rings. The molecule has 0 bridgehead atoms. The van der Waals surface area contributed by atoms with Crippen molar-refractivity contribution in [1.82, 2.24) is 5.43 Å². The highest BCUT2D eigenvalue weighted by atomic mass is 32.2. The van der Waals surface area contributed by atoms with Crippen LogP contribution in [0.1, 0.15) is 19.4 Å². The van der Waals surface area contributed by atoms with Gasteiger partial charge in [-0.2, -0.15) is 13.2 Å². The number of alkyl halides is 3.